The highest BCUT2D eigenvalue weighted by Gasteiger charge is 2.28. The van der Waals surface area contributed by atoms with Crippen molar-refractivity contribution in [2.45, 2.75) is 24.5 Å². The van der Waals surface area contributed by atoms with Gasteiger partial charge in [0.2, 0.25) is 0 Å². The Morgan fingerprint density at radius 3 is 2.25 bits per heavy atom. The molecule has 188 valence electrons. The molecule has 2 aromatic carbocycles. The average molecular weight is 536 g/mol. The standard InChI is InChI=1S/C25H21F4N3O2S2/c1-3-32(4-2)25-31-23(24(35-25)15-9-11-30-12-10-15)21-19(28)7-5-16(22(21)29)14-36(33,34)20-13-17(26)6-8-18(20)27/h5-13H,3-4,14H2,1-2H3. The van der Waals surface area contributed by atoms with Crippen LogP contribution in [0.5, 0.6) is 0 Å². The molecule has 11 heteroatoms. The predicted octanol–water partition coefficient (Wildman–Crippen LogP) is 6.25. The lowest BCUT2D eigenvalue weighted by atomic mass is 10.0. The number of nitrogens with zero attached hydrogens (tertiary/aromatic N) is 3. The summed E-state index contributed by atoms with van der Waals surface area (Å²) >= 11 is 1.25. The average Bonchev–Trinajstić information content (AvgIpc) is 3.28. The third-order valence-electron chi connectivity index (χ3n) is 5.57. The van der Waals surface area contributed by atoms with Crippen molar-refractivity contribution in [1.82, 2.24) is 9.97 Å². The van der Waals surface area contributed by atoms with Crippen LogP contribution >= 0.6 is 11.3 Å². The second-order valence-electron chi connectivity index (χ2n) is 7.81. The Morgan fingerprint density at radius 2 is 1.58 bits per heavy atom. The number of pyridine rings is 1. The summed E-state index contributed by atoms with van der Waals surface area (Å²) in [6, 6.07) is 7.27. The molecule has 36 heavy (non-hydrogen) atoms. The third kappa shape index (κ3) is 4.98. The molecule has 0 aliphatic rings. The van der Waals surface area contributed by atoms with Gasteiger partial charge in [-0.1, -0.05) is 17.4 Å². The smallest absolute Gasteiger partial charge is 0.186 e. The number of benzene rings is 2. The van der Waals surface area contributed by atoms with E-state index in [1.165, 1.54) is 11.3 Å². The van der Waals surface area contributed by atoms with E-state index in [4.69, 9.17) is 0 Å². The van der Waals surface area contributed by atoms with E-state index in [-0.39, 0.29) is 5.69 Å². The zero-order valence-electron chi connectivity index (χ0n) is 19.3. The predicted molar refractivity (Wildman–Crippen MR) is 132 cm³/mol. The van der Waals surface area contributed by atoms with Gasteiger partial charge < -0.3 is 4.90 Å². The van der Waals surface area contributed by atoms with Gasteiger partial charge in [-0.05, 0) is 55.8 Å². The highest BCUT2D eigenvalue weighted by molar-refractivity contribution is 7.90. The van der Waals surface area contributed by atoms with Crippen molar-refractivity contribution in [2.24, 2.45) is 0 Å². The zero-order valence-corrected chi connectivity index (χ0v) is 20.9. The van der Waals surface area contributed by atoms with Gasteiger partial charge in [-0.15, -0.1) is 0 Å². The highest BCUT2D eigenvalue weighted by atomic mass is 32.2. The number of aromatic nitrogens is 2. The minimum atomic E-state index is -4.49. The van der Waals surface area contributed by atoms with Crippen LogP contribution in [0, 0.1) is 23.3 Å². The summed E-state index contributed by atoms with van der Waals surface area (Å²) in [6.07, 6.45) is 3.08. The molecule has 0 amide bonds. The maximum absolute atomic E-state index is 15.8. The molecule has 2 aromatic heterocycles. The highest BCUT2D eigenvalue weighted by Crippen LogP contribution is 2.42. The van der Waals surface area contributed by atoms with E-state index < -0.39 is 54.9 Å². The van der Waals surface area contributed by atoms with Crippen molar-refractivity contribution in [3.8, 4) is 21.7 Å². The van der Waals surface area contributed by atoms with Gasteiger partial charge >= 0.3 is 0 Å². The SMILES string of the molecule is CCN(CC)c1nc(-c2c(F)ccc(CS(=O)(=O)c3cc(F)ccc3F)c2F)c(-c2ccncc2)s1. The number of rotatable bonds is 8. The summed E-state index contributed by atoms with van der Waals surface area (Å²) in [6.45, 7) is 5.08. The number of sulfone groups is 1. The molecular weight excluding hydrogens is 514 g/mol. The Bertz CT molecular complexity index is 1510. The number of halogens is 4. The van der Waals surface area contributed by atoms with E-state index in [0.717, 1.165) is 18.2 Å². The molecule has 0 aliphatic heterocycles. The van der Waals surface area contributed by atoms with Gasteiger partial charge in [0, 0.05) is 31.0 Å². The van der Waals surface area contributed by atoms with Crippen molar-refractivity contribution < 1.29 is 26.0 Å². The summed E-state index contributed by atoms with van der Waals surface area (Å²) in [5, 5.41) is 0.542. The second kappa shape index (κ2) is 10.4. The van der Waals surface area contributed by atoms with E-state index in [2.05, 4.69) is 9.97 Å². The first-order chi connectivity index (χ1) is 17.2. The van der Waals surface area contributed by atoms with E-state index in [0.29, 0.717) is 40.8 Å². The van der Waals surface area contributed by atoms with Gasteiger partial charge in [-0.25, -0.2) is 31.0 Å². The fraction of sp³-hybridized carbons (Fsp3) is 0.200. The zero-order chi connectivity index (χ0) is 26.0. The second-order valence-corrected chi connectivity index (χ2v) is 10.7. The van der Waals surface area contributed by atoms with E-state index in [1.54, 1.807) is 24.5 Å². The lowest BCUT2D eigenvalue weighted by Crippen LogP contribution is -2.21. The van der Waals surface area contributed by atoms with Gasteiger partial charge in [0.25, 0.3) is 0 Å². The fourth-order valence-electron chi connectivity index (χ4n) is 3.73. The Balaban J connectivity index is 1.87. The van der Waals surface area contributed by atoms with Gasteiger partial charge in [-0.2, -0.15) is 0 Å². The van der Waals surface area contributed by atoms with Crippen LogP contribution in [0.4, 0.5) is 22.7 Å². The first kappa shape index (κ1) is 25.8. The van der Waals surface area contributed by atoms with Crippen LogP contribution in [-0.4, -0.2) is 31.5 Å². The van der Waals surface area contributed by atoms with Crippen molar-refractivity contribution in [3.05, 3.63) is 83.7 Å². The molecule has 0 N–H and O–H groups in total. The molecule has 0 radical (unpaired) electrons. The molecule has 0 spiro atoms. The third-order valence-corrected chi connectivity index (χ3v) is 8.41. The monoisotopic (exact) mass is 535 g/mol. The van der Waals surface area contributed by atoms with Crippen LogP contribution in [0.1, 0.15) is 19.4 Å². The minimum Gasteiger partial charge on any atom is -0.349 e. The van der Waals surface area contributed by atoms with Crippen molar-refractivity contribution in [3.63, 3.8) is 0 Å². The molecule has 2 heterocycles. The van der Waals surface area contributed by atoms with Crippen LogP contribution in [0.2, 0.25) is 0 Å². The molecule has 0 aliphatic carbocycles. The Labute approximate surface area is 210 Å². The maximum atomic E-state index is 15.8. The summed E-state index contributed by atoms with van der Waals surface area (Å²) in [7, 11) is -4.49. The van der Waals surface area contributed by atoms with Crippen LogP contribution in [0.25, 0.3) is 21.7 Å². The Hall–Kier alpha value is -3.31. The van der Waals surface area contributed by atoms with Crippen LogP contribution in [-0.2, 0) is 15.6 Å². The number of thiazole rings is 1. The normalized spacial score (nSPS) is 11.6. The van der Waals surface area contributed by atoms with Crippen molar-refractivity contribution in [1.29, 1.82) is 0 Å². The van der Waals surface area contributed by atoms with E-state index in [1.807, 2.05) is 18.7 Å². The van der Waals surface area contributed by atoms with Crippen molar-refractivity contribution >= 4 is 26.3 Å². The van der Waals surface area contributed by atoms with E-state index >= 15 is 8.78 Å². The number of hydrogen-bond donors (Lipinski definition) is 0. The molecule has 4 aromatic rings. The molecule has 0 unspecified atom stereocenters. The summed E-state index contributed by atoms with van der Waals surface area (Å²) in [5.74, 6) is -5.19. The topological polar surface area (TPSA) is 63.2 Å². The molecule has 0 saturated heterocycles. The first-order valence-electron chi connectivity index (χ1n) is 11.0. The maximum Gasteiger partial charge on any atom is 0.186 e. The lowest BCUT2D eigenvalue weighted by molar-refractivity contribution is 0.549. The lowest BCUT2D eigenvalue weighted by Gasteiger charge is -2.16. The van der Waals surface area contributed by atoms with Crippen LogP contribution in [0.3, 0.4) is 0 Å². The molecular formula is C25H21F4N3O2S2. The molecule has 4 rings (SSSR count). The molecule has 0 bridgehead atoms. The van der Waals surface area contributed by atoms with Gasteiger partial charge in [0.15, 0.2) is 15.0 Å². The quantitative estimate of drug-likeness (QED) is 0.250. The van der Waals surface area contributed by atoms with Gasteiger partial charge in [0.1, 0.15) is 28.2 Å². The molecule has 0 saturated carbocycles. The van der Waals surface area contributed by atoms with Crippen LogP contribution < -0.4 is 4.90 Å². The molecule has 5 nitrogen and oxygen atoms in total. The minimum absolute atomic E-state index is 0.0132. The Morgan fingerprint density at radius 1 is 0.917 bits per heavy atom. The van der Waals surface area contributed by atoms with Crippen molar-refractivity contribution in [2.75, 3.05) is 18.0 Å². The molecule has 0 fully saturated rings. The van der Waals surface area contributed by atoms with Gasteiger partial charge in [0.05, 0.1) is 21.9 Å². The van der Waals surface area contributed by atoms with Crippen LogP contribution in [0.15, 0.2) is 59.8 Å². The number of anilines is 1. The summed E-state index contributed by atoms with van der Waals surface area (Å²) < 4.78 is 84.3. The fourth-order valence-corrected chi connectivity index (χ4v) is 6.38. The number of hydrogen-bond acceptors (Lipinski definition) is 6. The largest absolute Gasteiger partial charge is 0.349 e. The van der Waals surface area contributed by atoms with E-state index in [9.17, 15) is 17.2 Å². The first-order valence-corrected chi connectivity index (χ1v) is 13.4. The Kier molecular flexibility index (Phi) is 7.41. The molecule has 0 atom stereocenters. The summed E-state index contributed by atoms with van der Waals surface area (Å²) in [5.41, 5.74) is -0.245. The van der Waals surface area contributed by atoms with Gasteiger partial charge in [-0.3, -0.25) is 4.98 Å². The summed E-state index contributed by atoms with van der Waals surface area (Å²) in [4.78, 5) is 10.0.